The Hall–Kier alpha value is -8.07. The van der Waals surface area contributed by atoms with E-state index in [4.69, 9.17) is 0 Å². The van der Waals surface area contributed by atoms with Crippen LogP contribution in [-0.4, -0.2) is 28.7 Å². The standard InChI is InChI=1S/C51H36F6N4O5/c52-50(53,54)65-41-5-1-3-31(29-41)7-9-33-11-23-43-37(27-33)17-25-45(62)47(43)60-58-39-19-13-35(14-20-39)49(64)36-15-21-40(22-16-36)59-61-48-44-24-12-34(28-38(44)18-26-46(48)63)10-8-32-4-2-6-42(30-32)66-51(55,56)57/h1-6,11-30,62-63H,7-10H2. The van der Waals surface area contributed by atoms with Crippen LogP contribution < -0.4 is 9.47 Å². The summed E-state index contributed by atoms with van der Waals surface area (Å²) >= 11 is 0. The van der Waals surface area contributed by atoms with Crippen LogP contribution in [-0.2, 0) is 25.7 Å². The molecule has 0 aliphatic heterocycles. The zero-order chi connectivity index (χ0) is 46.4. The van der Waals surface area contributed by atoms with Crippen molar-refractivity contribution < 1.29 is 50.8 Å². The molecular weight excluding hydrogens is 863 g/mol. The van der Waals surface area contributed by atoms with E-state index in [0.29, 0.717) is 70.1 Å². The fourth-order valence-electron chi connectivity index (χ4n) is 7.34. The molecule has 0 amide bonds. The highest BCUT2D eigenvalue weighted by Crippen LogP contribution is 2.39. The van der Waals surface area contributed by atoms with Crippen molar-refractivity contribution in [2.24, 2.45) is 20.5 Å². The second-order valence-corrected chi connectivity index (χ2v) is 15.2. The van der Waals surface area contributed by atoms with E-state index in [1.54, 1.807) is 84.9 Å². The van der Waals surface area contributed by atoms with Crippen molar-refractivity contribution in [3.05, 3.63) is 191 Å². The first kappa shape index (κ1) is 44.5. The van der Waals surface area contributed by atoms with Gasteiger partial charge in [0, 0.05) is 21.9 Å². The van der Waals surface area contributed by atoms with E-state index in [1.807, 2.05) is 24.3 Å². The minimum atomic E-state index is -4.77. The van der Waals surface area contributed by atoms with E-state index in [1.165, 1.54) is 48.5 Å². The highest BCUT2D eigenvalue weighted by molar-refractivity contribution is 6.09. The summed E-state index contributed by atoms with van der Waals surface area (Å²) < 4.78 is 84.0. The lowest BCUT2D eigenvalue weighted by molar-refractivity contribution is -0.275. The number of carbonyl (C=O) groups excluding carboxylic acids is 1. The Morgan fingerprint density at radius 2 is 0.818 bits per heavy atom. The molecule has 0 spiro atoms. The molecule has 0 bridgehead atoms. The van der Waals surface area contributed by atoms with Gasteiger partial charge in [-0.25, -0.2) is 0 Å². The number of hydrogen-bond donors (Lipinski definition) is 2. The molecule has 9 nitrogen and oxygen atoms in total. The zero-order valence-electron chi connectivity index (χ0n) is 34.5. The van der Waals surface area contributed by atoms with Crippen molar-refractivity contribution >= 4 is 50.1 Å². The van der Waals surface area contributed by atoms with Crippen LogP contribution >= 0.6 is 0 Å². The minimum Gasteiger partial charge on any atom is -0.506 e. The molecule has 0 unspecified atom stereocenters. The number of rotatable bonds is 14. The molecule has 0 atom stereocenters. The largest absolute Gasteiger partial charge is 0.573 e. The molecule has 332 valence electrons. The second kappa shape index (κ2) is 19.0. The van der Waals surface area contributed by atoms with E-state index in [-0.39, 0.29) is 40.2 Å². The second-order valence-electron chi connectivity index (χ2n) is 15.2. The molecule has 8 rings (SSSR count). The summed E-state index contributed by atoms with van der Waals surface area (Å²) in [4.78, 5) is 13.4. The number of aromatic hydroxyl groups is 2. The first-order valence-electron chi connectivity index (χ1n) is 20.4. The molecular formula is C51H36F6N4O5. The fraction of sp³-hybridized carbons (Fsp3) is 0.118. The van der Waals surface area contributed by atoms with Crippen molar-refractivity contribution in [2.45, 2.75) is 38.4 Å². The van der Waals surface area contributed by atoms with Gasteiger partial charge >= 0.3 is 12.7 Å². The Balaban J connectivity index is 0.887. The van der Waals surface area contributed by atoms with Gasteiger partial charge in [-0.05, 0) is 144 Å². The van der Waals surface area contributed by atoms with Crippen molar-refractivity contribution in [2.75, 3.05) is 0 Å². The molecule has 0 saturated carbocycles. The lowest BCUT2D eigenvalue weighted by Crippen LogP contribution is -2.17. The quantitative estimate of drug-likeness (QED) is 0.0639. The Bertz CT molecular complexity index is 2910. The molecule has 0 aliphatic rings. The molecule has 0 fully saturated rings. The number of carbonyl (C=O) groups is 1. The van der Waals surface area contributed by atoms with Gasteiger partial charge in [-0.2, -0.15) is 10.2 Å². The average Bonchev–Trinajstić information content (AvgIpc) is 3.29. The van der Waals surface area contributed by atoms with Gasteiger partial charge in [0.1, 0.15) is 34.4 Å². The number of ketones is 1. The summed E-state index contributed by atoms with van der Waals surface area (Å²) in [6.07, 6.45) is -7.49. The van der Waals surface area contributed by atoms with Crippen molar-refractivity contribution in [1.82, 2.24) is 0 Å². The van der Waals surface area contributed by atoms with Gasteiger partial charge in [0.25, 0.3) is 0 Å². The third kappa shape index (κ3) is 11.4. The number of phenols is 2. The first-order valence-corrected chi connectivity index (χ1v) is 20.4. The maximum absolute atomic E-state index is 13.4. The summed E-state index contributed by atoms with van der Waals surface area (Å²) in [6, 6.07) is 42.4. The Kier molecular flexibility index (Phi) is 12.8. The number of halogens is 6. The lowest BCUT2D eigenvalue weighted by Gasteiger charge is -2.10. The van der Waals surface area contributed by atoms with Crippen LogP contribution in [0.2, 0.25) is 0 Å². The van der Waals surface area contributed by atoms with Crippen LogP contribution in [0.3, 0.4) is 0 Å². The van der Waals surface area contributed by atoms with Gasteiger partial charge < -0.3 is 19.7 Å². The van der Waals surface area contributed by atoms with E-state index in [0.717, 1.165) is 21.9 Å². The monoisotopic (exact) mass is 898 g/mol. The minimum absolute atomic E-state index is 0.0833. The summed E-state index contributed by atoms with van der Waals surface area (Å²) in [5.41, 5.74) is 5.39. The Labute approximate surface area is 372 Å². The number of ether oxygens (including phenoxy) is 2. The number of alkyl halides is 6. The van der Waals surface area contributed by atoms with E-state index < -0.39 is 12.7 Å². The predicted octanol–water partition coefficient (Wildman–Crippen LogP) is 14.8. The van der Waals surface area contributed by atoms with Gasteiger partial charge in [-0.3, -0.25) is 4.79 Å². The van der Waals surface area contributed by atoms with Gasteiger partial charge in [0.2, 0.25) is 0 Å². The van der Waals surface area contributed by atoms with Crippen molar-refractivity contribution in [3.63, 3.8) is 0 Å². The third-order valence-corrected chi connectivity index (χ3v) is 10.5. The SMILES string of the molecule is O=C(c1ccc(N=Nc2c(O)ccc3cc(CCc4cccc(OC(F)(F)F)c4)ccc23)cc1)c1ccc(N=Nc2c(O)ccc3cc(CCc4cccc(OC(F)(F)F)c4)ccc23)cc1. The van der Waals surface area contributed by atoms with Crippen LogP contribution in [0.1, 0.15) is 38.2 Å². The van der Waals surface area contributed by atoms with E-state index >= 15 is 0 Å². The molecule has 0 heterocycles. The molecule has 2 N–H and O–H groups in total. The molecule has 0 aromatic heterocycles. The Morgan fingerprint density at radius 1 is 0.439 bits per heavy atom. The van der Waals surface area contributed by atoms with Crippen LogP contribution in [0.15, 0.2) is 178 Å². The highest BCUT2D eigenvalue weighted by Gasteiger charge is 2.32. The van der Waals surface area contributed by atoms with Crippen molar-refractivity contribution in [3.8, 4) is 23.0 Å². The number of fused-ring (bicyclic) bond motifs is 2. The zero-order valence-corrected chi connectivity index (χ0v) is 34.5. The lowest BCUT2D eigenvalue weighted by atomic mass is 10.00. The summed E-state index contributed by atoms with van der Waals surface area (Å²) in [5, 5.41) is 41.4. The van der Waals surface area contributed by atoms with Crippen LogP contribution in [0, 0.1) is 0 Å². The number of aryl methyl sites for hydroxylation is 4. The number of phenolic OH excluding ortho intramolecular Hbond substituents is 2. The molecule has 0 radical (unpaired) electrons. The number of benzene rings is 8. The summed E-state index contributed by atoms with van der Waals surface area (Å²) in [7, 11) is 0. The number of azo groups is 2. The number of hydrogen-bond acceptors (Lipinski definition) is 9. The van der Waals surface area contributed by atoms with Crippen molar-refractivity contribution in [1.29, 1.82) is 0 Å². The van der Waals surface area contributed by atoms with Crippen LogP contribution in [0.4, 0.5) is 49.1 Å². The molecule has 66 heavy (non-hydrogen) atoms. The highest BCUT2D eigenvalue weighted by atomic mass is 19.4. The average molecular weight is 899 g/mol. The molecule has 0 aliphatic carbocycles. The Morgan fingerprint density at radius 3 is 1.20 bits per heavy atom. The fourth-order valence-corrected chi connectivity index (χ4v) is 7.34. The maximum atomic E-state index is 13.4. The van der Waals surface area contributed by atoms with E-state index in [9.17, 15) is 41.4 Å². The summed E-state index contributed by atoms with van der Waals surface area (Å²) in [5.74, 6) is -0.968. The third-order valence-electron chi connectivity index (χ3n) is 10.5. The topological polar surface area (TPSA) is 125 Å². The summed E-state index contributed by atoms with van der Waals surface area (Å²) in [6.45, 7) is 0. The van der Waals surface area contributed by atoms with Crippen LogP contribution in [0.5, 0.6) is 23.0 Å². The molecule has 8 aromatic carbocycles. The van der Waals surface area contributed by atoms with E-state index in [2.05, 4.69) is 29.9 Å². The van der Waals surface area contributed by atoms with Gasteiger partial charge in [-0.15, -0.1) is 36.6 Å². The molecule has 0 saturated heterocycles. The smallest absolute Gasteiger partial charge is 0.506 e. The van der Waals surface area contributed by atoms with Gasteiger partial charge in [0.05, 0.1) is 11.4 Å². The van der Waals surface area contributed by atoms with Gasteiger partial charge in [0.15, 0.2) is 5.78 Å². The maximum Gasteiger partial charge on any atom is 0.573 e. The van der Waals surface area contributed by atoms with Gasteiger partial charge in [-0.1, -0.05) is 72.8 Å². The van der Waals surface area contributed by atoms with Crippen LogP contribution in [0.25, 0.3) is 21.5 Å². The number of nitrogens with zero attached hydrogens (tertiary/aromatic N) is 4. The molecule has 8 aromatic rings. The normalized spacial score (nSPS) is 12.1. The first-order chi connectivity index (χ1) is 31.6. The molecule has 15 heteroatoms. The predicted molar refractivity (Wildman–Crippen MR) is 237 cm³/mol.